The summed E-state index contributed by atoms with van der Waals surface area (Å²) in [7, 11) is 0. The van der Waals surface area contributed by atoms with Crippen LogP contribution < -0.4 is 0 Å². The lowest BCUT2D eigenvalue weighted by Gasteiger charge is -2.12. The number of rotatable bonds is 6. The summed E-state index contributed by atoms with van der Waals surface area (Å²) in [6.07, 6.45) is 0. The number of fused-ring (bicyclic) bond motifs is 4. The fourth-order valence-electron chi connectivity index (χ4n) is 7.59. The van der Waals surface area contributed by atoms with Gasteiger partial charge >= 0.3 is 0 Å². The molecular weight excluding hydrogens is 643 g/mol. The third-order valence-corrected chi connectivity index (χ3v) is 10.2. The number of aromatic nitrogens is 3. The number of hydrogen-bond donors (Lipinski definition) is 0. The molecule has 10 aromatic rings. The number of para-hydroxylation sites is 2. The van der Waals surface area contributed by atoms with Gasteiger partial charge in [0.25, 0.3) is 0 Å². The first-order valence-electron chi connectivity index (χ1n) is 18.0. The lowest BCUT2D eigenvalue weighted by atomic mass is 9.99. The number of nitrogens with zero attached hydrogens (tertiary/aromatic N) is 3. The van der Waals surface area contributed by atoms with Crippen molar-refractivity contribution in [2.75, 3.05) is 0 Å². The number of hydrogen-bond acceptors (Lipinski definition) is 2. The molecule has 8 aromatic carbocycles. The molecule has 0 bridgehead atoms. The van der Waals surface area contributed by atoms with Gasteiger partial charge in [0, 0.05) is 33.2 Å². The quantitative estimate of drug-likeness (QED) is 0.176. The van der Waals surface area contributed by atoms with E-state index in [2.05, 4.69) is 199 Å². The molecule has 0 aliphatic carbocycles. The molecule has 0 spiro atoms. The van der Waals surface area contributed by atoms with E-state index in [9.17, 15) is 0 Å². The van der Waals surface area contributed by atoms with Crippen LogP contribution in [0.1, 0.15) is 0 Å². The molecule has 0 saturated heterocycles. The zero-order chi connectivity index (χ0) is 35.1. The molecule has 53 heavy (non-hydrogen) atoms. The van der Waals surface area contributed by atoms with E-state index < -0.39 is 0 Å². The van der Waals surface area contributed by atoms with Gasteiger partial charge in [0.15, 0.2) is 5.82 Å². The van der Waals surface area contributed by atoms with Crippen molar-refractivity contribution in [3.05, 3.63) is 200 Å². The molecule has 0 atom stereocenters. The van der Waals surface area contributed by atoms with E-state index in [1.807, 2.05) is 6.07 Å². The Bertz CT molecular complexity index is 2900. The maximum Gasteiger partial charge on any atom is 0.161 e. The van der Waals surface area contributed by atoms with Crippen molar-refractivity contribution in [2.24, 2.45) is 0 Å². The molecule has 3 nitrogen and oxygen atoms in total. The third-order valence-electron chi connectivity index (χ3n) is 10.2. The Balaban J connectivity index is 1.07. The molecule has 0 N–H and O–H groups in total. The molecule has 0 aliphatic heterocycles. The van der Waals surface area contributed by atoms with Gasteiger partial charge in [0.05, 0.1) is 22.4 Å². The number of benzene rings is 8. The average Bonchev–Trinajstić information content (AvgIpc) is 3.58. The second kappa shape index (κ2) is 12.9. The summed E-state index contributed by atoms with van der Waals surface area (Å²) < 4.78 is 2.37. The highest BCUT2D eigenvalue weighted by Gasteiger charge is 2.15. The van der Waals surface area contributed by atoms with Crippen LogP contribution in [0, 0.1) is 0 Å². The maximum absolute atomic E-state index is 5.21. The Morgan fingerprint density at radius 3 is 1.55 bits per heavy atom. The third kappa shape index (κ3) is 5.56. The monoisotopic (exact) mass is 675 g/mol. The van der Waals surface area contributed by atoms with E-state index in [4.69, 9.17) is 9.97 Å². The summed E-state index contributed by atoms with van der Waals surface area (Å²) in [5, 5.41) is 4.80. The molecule has 0 radical (unpaired) electrons. The van der Waals surface area contributed by atoms with Gasteiger partial charge in [-0.2, -0.15) is 0 Å². The molecule has 0 aliphatic rings. The molecule has 0 unspecified atom stereocenters. The van der Waals surface area contributed by atoms with Crippen molar-refractivity contribution in [1.82, 2.24) is 14.5 Å². The zero-order valence-corrected chi connectivity index (χ0v) is 28.9. The van der Waals surface area contributed by atoms with Crippen LogP contribution in [0.15, 0.2) is 200 Å². The smallest absolute Gasteiger partial charge is 0.161 e. The SMILES string of the molecule is c1ccc(-c2ccc(-c3cc(-c4ccc(-c5ccc6c7ccccc7n(-c7ccccc7)c6c5)cc4)nc(-c4cccc5ccccc45)n3)cc2)cc1. The lowest BCUT2D eigenvalue weighted by Crippen LogP contribution is -1.96. The van der Waals surface area contributed by atoms with Crippen LogP contribution in [0.2, 0.25) is 0 Å². The van der Waals surface area contributed by atoms with Gasteiger partial charge in [-0.1, -0.05) is 170 Å². The Kier molecular flexibility index (Phi) is 7.47. The zero-order valence-electron chi connectivity index (χ0n) is 28.9. The minimum Gasteiger partial charge on any atom is -0.309 e. The highest BCUT2D eigenvalue weighted by Crippen LogP contribution is 2.36. The van der Waals surface area contributed by atoms with Crippen molar-refractivity contribution in [2.45, 2.75) is 0 Å². The molecule has 248 valence electrons. The van der Waals surface area contributed by atoms with Gasteiger partial charge < -0.3 is 4.57 Å². The van der Waals surface area contributed by atoms with Gasteiger partial charge in [-0.05, 0) is 63.4 Å². The van der Waals surface area contributed by atoms with Gasteiger partial charge in [-0.15, -0.1) is 0 Å². The van der Waals surface area contributed by atoms with Gasteiger partial charge in [-0.25, -0.2) is 9.97 Å². The minimum atomic E-state index is 0.713. The lowest BCUT2D eigenvalue weighted by molar-refractivity contribution is 1.18. The molecular formula is C50H33N3. The molecule has 0 saturated carbocycles. The highest BCUT2D eigenvalue weighted by atomic mass is 15.0. The Labute approximate surface area is 308 Å². The topological polar surface area (TPSA) is 30.7 Å². The Morgan fingerprint density at radius 2 is 0.830 bits per heavy atom. The standard InChI is InChI=1S/C50H33N3/c1-3-12-34(13-4-1)35-22-26-38(27-23-35)46-33-47(52-50(51-46)45-20-11-15-37-14-7-8-18-42(37)45)39-28-24-36(25-29-39)40-30-31-44-43-19-9-10-21-48(43)53(49(44)32-40)41-16-5-2-6-17-41/h1-33H. The first-order chi connectivity index (χ1) is 26.3. The van der Waals surface area contributed by atoms with E-state index in [-0.39, 0.29) is 0 Å². The van der Waals surface area contributed by atoms with Gasteiger partial charge in [0.1, 0.15) is 0 Å². The molecule has 0 fully saturated rings. The van der Waals surface area contributed by atoms with E-state index in [1.54, 1.807) is 0 Å². The maximum atomic E-state index is 5.21. The molecule has 10 rings (SSSR count). The van der Waals surface area contributed by atoms with Crippen molar-refractivity contribution in [3.63, 3.8) is 0 Å². The van der Waals surface area contributed by atoms with Crippen LogP contribution in [0.25, 0.3) is 94.4 Å². The highest BCUT2D eigenvalue weighted by molar-refractivity contribution is 6.10. The van der Waals surface area contributed by atoms with Crippen LogP contribution in [-0.4, -0.2) is 14.5 Å². The second-order valence-corrected chi connectivity index (χ2v) is 13.4. The fraction of sp³-hybridized carbons (Fsp3) is 0. The predicted molar refractivity (Wildman–Crippen MR) is 221 cm³/mol. The van der Waals surface area contributed by atoms with Crippen molar-refractivity contribution in [1.29, 1.82) is 0 Å². The van der Waals surface area contributed by atoms with E-state index in [1.165, 1.54) is 43.9 Å². The first-order valence-corrected chi connectivity index (χ1v) is 18.0. The van der Waals surface area contributed by atoms with Crippen molar-refractivity contribution < 1.29 is 0 Å². The van der Waals surface area contributed by atoms with Crippen molar-refractivity contribution >= 4 is 32.6 Å². The Morgan fingerprint density at radius 1 is 0.321 bits per heavy atom. The summed E-state index contributed by atoms with van der Waals surface area (Å²) in [5.74, 6) is 0.713. The van der Waals surface area contributed by atoms with Crippen LogP contribution in [0.5, 0.6) is 0 Å². The molecule has 3 heteroatoms. The summed E-state index contributed by atoms with van der Waals surface area (Å²) in [6.45, 7) is 0. The summed E-state index contributed by atoms with van der Waals surface area (Å²) >= 11 is 0. The van der Waals surface area contributed by atoms with Crippen LogP contribution in [0.4, 0.5) is 0 Å². The van der Waals surface area contributed by atoms with E-state index in [0.29, 0.717) is 5.82 Å². The van der Waals surface area contributed by atoms with Gasteiger partial charge in [-0.3, -0.25) is 0 Å². The summed E-state index contributed by atoms with van der Waals surface area (Å²) in [5.41, 5.74) is 13.1. The van der Waals surface area contributed by atoms with Crippen molar-refractivity contribution in [3.8, 4) is 61.8 Å². The predicted octanol–water partition coefficient (Wildman–Crippen LogP) is 13.1. The second-order valence-electron chi connectivity index (χ2n) is 13.4. The molecule has 0 amide bonds. The van der Waals surface area contributed by atoms with Crippen LogP contribution in [-0.2, 0) is 0 Å². The van der Waals surface area contributed by atoms with E-state index >= 15 is 0 Å². The summed E-state index contributed by atoms with van der Waals surface area (Å²) in [6, 6.07) is 70.9. The van der Waals surface area contributed by atoms with Crippen LogP contribution >= 0.6 is 0 Å². The first kappa shape index (κ1) is 30.7. The average molecular weight is 676 g/mol. The fourth-order valence-corrected chi connectivity index (χ4v) is 7.59. The molecule has 2 aromatic heterocycles. The van der Waals surface area contributed by atoms with E-state index in [0.717, 1.165) is 44.7 Å². The van der Waals surface area contributed by atoms with Crippen LogP contribution in [0.3, 0.4) is 0 Å². The Hall–Kier alpha value is -7.10. The van der Waals surface area contributed by atoms with Gasteiger partial charge in [0.2, 0.25) is 0 Å². The normalized spacial score (nSPS) is 11.4. The largest absolute Gasteiger partial charge is 0.309 e. The summed E-state index contributed by atoms with van der Waals surface area (Å²) in [4.78, 5) is 10.4. The minimum absolute atomic E-state index is 0.713. The molecule has 2 heterocycles.